The van der Waals surface area contributed by atoms with E-state index in [2.05, 4.69) is 0 Å². The summed E-state index contributed by atoms with van der Waals surface area (Å²) < 4.78 is 0. The summed E-state index contributed by atoms with van der Waals surface area (Å²) in [5.74, 6) is -1.31. The highest BCUT2D eigenvalue weighted by molar-refractivity contribution is 5.99. The summed E-state index contributed by atoms with van der Waals surface area (Å²) in [6.45, 7) is 2.41. The molecule has 0 fully saturated rings. The van der Waals surface area contributed by atoms with Gasteiger partial charge in [0, 0.05) is 37.7 Å². The van der Waals surface area contributed by atoms with Crippen molar-refractivity contribution >= 4 is 23.5 Å². The molecule has 27 heavy (non-hydrogen) atoms. The van der Waals surface area contributed by atoms with Gasteiger partial charge in [-0.2, -0.15) is 0 Å². The molecule has 1 unspecified atom stereocenters. The van der Waals surface area contributed by atoms with Crippen LogP contribution in [0.2, 0.25) is 0 Å². The number of carbonyl (C=O) groups is 3. The van der Waals surface area contributed by atoms with Crippen molar-refractivity contribution in [2.45, 2.75) is 32.4 Å². The molecule has 0 saturated heterocycles. The third-order valence-corrected chi connectivity index (χ3v) is 5.40. The lowest BCUT2D eigenvalue weighted by Crippen LogP contribution is -2.48. The van der Waals surface area contributed by atoms with Gasteiger partial charge in [-0.1, -0.05) is 24.3 Å². The molecule has 0 aromatic heterocycles. The zero-order valence-electron chi connectivity index (χ0n) is 15.0. The molecule has 2 aromatic carbocycles. The molecule has 2 amide bonds. The normalized spacial score (nSPS) is 18.0. The minimum atomic E-state index is -0.998. The fourth-order valence-corrected chi connectivity index (χ4v) is 3.98. The molecule has 2 aliphatic heterocycles. The minimum absolute atomic E-state index is 0.0218. The molecular formula is C21H20N2O4. The Morgan fingerprint density at radius 2 is 1.78 bits per heavy atom. The van der Waals surface area contributed by atoms with Crippen LogP contribution in [0.3, 0.4) is 0 Å². The Bertz CT molecular complexity index is 953. The van der Waals surface area contributed by atoms with E-state index in [-0.39, 0.29) is 18.4 Å². The van der Waals surface area contributed by atoms with Crippen LogP contribution in [0.25, 0.3) is 0 Å². The molecule has 6 nitrogen and oxygen atoms in total. The van der Waals surface area contributed by atoms with Crippen LogP contribution in [0.4, 0.5) is 5.69 Å². The van der Waals surface area contributed by atoms with Crippen molar-refractivity contribution in [2.24, 2.45) is 0 Å². The molecule has 138 valence electrons. The quantitative estimate of drug-likeness (QED) is 0.887. The van der Waals surface area contributed by atoms with E-state index in [4.69, 9.17) is 0 Å². The highest BCUT2D eigenvalue weighted by atomic mass is 16.4. The lowest BCUT2D eigenvalue weighted by atomic mass is 9.93. The number of hydrogen-bond acceptors (Lipinski definition) is 3. The van der Waals surface area contributed by atoms with E-state index in [1.165, 1.54) is 11.8 Å². The summed E-state index contributed by atoms with van der Waals surface area (Å²) in [4.78, 5) is 39.7. The molecule has 0 aliphatic carbocycles. The predicted octanol–water partition coefficient (Wildman–Crippen LogP) is 2.25. The smallest absolute Gasteiger partial charge is 0.326 e. The second kappa shape index (κ2) is 6.54. The van der Waals surface area contributed by atoms with Gasteiger partial charge in [-0.05, 0) is 41.3 Å². The Morgan fingerprint density at radius 3 is 2.48 bits per heavy atom. The summed E-state index contributed by atoms with van der Waals surface area (Å²) in [6.07, 6.45) is 1.00. The van der Waals surface area contributed by atoms with Crippen LogP contribution in [0, 0.1) is 0 Å². The second-order valence-corrected chi connectivity index (χ2v) is 7.02. The number of fused-ring (bicyclic) bond motifs is 2. The molecule has 0 bridgehead atoms. The molecule has 2 heterocycles. The third-order valence-electron chi connectivity index (χ3n) is 5.40. The number of benzene rings is 2. The van der Waals surface area contributed by atoms with Gasteiger partial charge in [0.1, 0.15) is 6.04 Å². The summed E-state index contributed by atoms with van der Waals surface area (Å²) in [5.41, 5.74) is 4.19. The van der Waals surface area contributed by atoms with Crippen molar-refractivity contribution in [3.05, 3.63) is 64.7 Å². The average Bonchev–Trinajstić information content (AvgIpc) is 3.09. The van der Waals surface area contributed by atoms with Crippen LogP contribution in [0.5, 0.6) is 0 Å². The van der Waals surface area contributed by atoms with Gasteiger partial charge in [0.05, 0.1) is 0 Å². The first-order valence-corrected chi connectivity index (χ1v) is 8.97. The standard InChI is InChI=1S/C21H20N2O4/c1-13(24)22-9-8-15-10-16(6-7-18(15)22)20(25)23-12-17-5-3-2-4-14(17)11-19(23)21(26)27/h2-7,10,19H,8-9,11-12H2,1H3,(H,26,27). The number of rotatable bonds is 2. The Labute approximate surface area is 157 Å². The maximum absolute atomic E-state index is 13.1. The van der Waals surface area contributed by atoms with Gasteiger partial charge in [0.15, 0.2) is 0 Å². The zero-order valence-corrected chi connectivity index (χ0v) is 15.0. The maximum Gasteiger partial charge on any atom is 0.326 e. The van der Waals surface area contributed by atoms with E-state index in [0.717, 1.165) is 22.4 Å². The van der Waals surface area contributed by atoms with E-state index in [9.17, 15) is 19.5 Å². The molecule has 2 aliphatic rings. The first-order chi connectivity index (χ1) is 13.0. The second-order valence-electron chi connectivity index (χ2n) is 7.02. The summed E-state index contributed by atoms with van der Waals surface area (Å²) in [6, 6.07) is 12.0. The van der Waals surface area contributed by atoms with Gasteiger partial charge < -0.3 is 14.9 Å². The monoisotopic (exact) mass is 364 g/mol. The van der Waals surface area contributed by atoms with E-state index in [0.29, 0.717) is 24.9 Å². The van der Waals surface area contributed by atoms with Crippen LogP contribution >= 0.6 is 0 Å². The summed E-state index contributed by atoms with van der Waals surface area (Å²) in [5, 5.41) is 9.64. The minimum Gasteiger partial charge on any atom is -0.480 e. The average molecular weight is 364 g/mol. The van der Waals surface area contributed by atoms with Crippen molar-refractivity contribution in [2.75, 3.05) is 11.4 Å². The Morgan fingerprint density at radius 1 is 1.04 bits per heavy atom. The Hall–Kier alpha value is -3.15. The van der Waals surface area contributed by atoms with E-state index < -0.39 is 12.0 Å². The number of carboxylic acid groups (broad SMARTS) is 1. The molecule has 1 atom stereocenters. The molecular weight excluding hydrogens is 344 g/mol. The van der Waals surface area contributed by atoms with Crippen molar-refractivity contribution in [3.8, 4) is 0 Å². The van der Waals surface area contributed by atoms with Crippen LogP contribution in [-0.4, -0.2) is 40.4 Å². The first kappa shape index (κ1) is 17.3. The number of carbonyl (C=O) groups excluding carboxylic acids is 2. The summed E-state index contributed by atoms with van der Waals surface area (Å²) in [7, 11) is 0. The number of anilines is 1. The van der Waals surface area contributed by atoms with Crippen molar-refractivity contribution in [1.82, 2.24) is 4.90 Å². The van der Waals surface area contributed by atoms with Gasteiger partial charge >= 0.3 is 5.97 Å². The largest absolute Gasteiger partial charge is 0.480 e. The van der Waals surface area contributed by atoms with E-state index >= 15 is 0 Å². The van der Waals surface area contributed by atoms with Crippen molar-refractivity contribution in [1.29, 1.82) is 0 Å². The molecule has 4 rings (SSSR count). The number of aliphatic carboxylic acids is 1. The number of amides is 2. The van der Waals surface area contributed by atoms with Gasteiger partial charge in [-0.15, -0.1) is 0 Å². The van der Waals surface area contributed by atoms with Gasteiger partial charge in [-0.3, -0.25) is 9.59 Å². The molecule has 6 heteroatoms. The van der Waals surface area contributed by atoms with Gasteiger partial charge in [0.25, 0.3) is 5.91 Å². The molecule has 2 aromatic rings. The van der Waals surface area contributed by atoms with Crippen LogP contribution in [0.15, 0.2) is 42.5 Å². The lowest BCUT2D eigenvalue weighted by molar-refractivity contribution is -0.142. The molecule has 0 spiro atoms. The summed E-state index contributed by atoms with van der Waals surface area (Å²) >= 11 is 0. The SMILES string of the molecule is CC(=O)N1CCc2cc(C(=O)N3Cc4ccccc4CC3C(=O)O)ccc21. The van der Waals surface area contributed by atoms with Crippen LogP contribution < -0.4 is 4.90 Å². The van der Waals surface area contributed by atoms with Crippen LogP contribution in [-0.2, 0) is 29.0 Å². The van der Waals surface area contributed by atoms with Crippen LogP contribution in [0.1, 0.15) is 34.0 Å². The Balaban J connectivity index is 1.66. The van der Waals surface area contributed by atoms with E-state index in [1.54, 1.807) is 23.1 Å². The fourth-order valence-electron chi connectivity index (χ4n) is 3.98. The number of nitrogens with zero attached hydrogens (tertiary/aromatic N) is 2. The number of carboxylic acids is 1. The molecule has 0 saturated carbocycles. The Kier molecular flexibility index (Phi) is 4.18. The highest BCUT2D eigenvalue weighted by Gasteiger charge is 2.35. The van der Waals surface area contributed by atoms with Gasteiger partial charge in [-0.25, -0.2) is 4.79 Å². The van der Waals surface area contributed by atoms with E-state index in [1.807, 2.05) is 24.3 Å². The lowest BCUT2D eigenvalue weighted by Gasteiger charge is -2.34. The highest BCUT2D eigenvalue weighted by Crippen LogP contribution is 2.31. The fraction of sp³-hybridized carbons (Fsp3) is 0.286. The predicted molar refractivity (Wildman–Crippen MR) is 99.6 cm³/mol. The van der Waals surface area contributed by atoms with Crippen molar-refractivity contribution < 1.29 is 19.5 Å². The zero-order chi connectivity index (χ0) is 19.1. The first-order valence-electron chi connectivity index (χ1n) is 8.97. The molecule has 1 N–H and O–H groups in total. The molecule has 0 radical (unpaired) electrons. The van der Waals surface area contributed by atoms with Crippen molar-refractivity contribution in [3.63, 3.8) is 0 Å². The number of hydrogen-bond donors (Lipinski definition) is 1. The van der Waals surface area contributed by atoms with Gasteiger partial charge in [0.2, 0.25) is 5.91 Å². The topological polar surface area (TPSA) is 77.9 Å². The maximum atomic E-state index is 13.1. The third kappa shape index (κ3) is 2.97.